The van der Waals surface area contributed by atoms with Crippen molar-refractivity contribution in [2.24, 2.45) is 0 Å². The van der Waals surface area contributed by atoms with E-state index >= 15 is 0 Å². The molecule has 0 saturated heterocycles. The molecule has 0 saturated carbocycles. The van der Waals surface area contributed by atoms with Gasteiger partial charge in [-0.25, -0.2) is 9.07 Å². The van der Waals surface area contributed by atoms with E-state index in [1.54, 1.807) is 30.7 Å². The van der Waals surface area contributed by atoms with Crippen LogP contribution in [0.5, 0.6) is 0 Å². The Morgan fingerprint density at radius 2 is 2.12 bits per heavy atom. The van der Waals surface area contributed by atoms with Crippen molar-refractivity contribution in [3.63, 3.8) is 0 Å². The number of rotatable bonds is 5. The number of hydrogen-bond donors (Lipinski definition) is 1. The Morgan fingerprint density at radius 1 is 1.36 bits per heavy atom. The third kappa shape index (κ3) is 3.26. The summed E-state index contributed by atoms with van der Waals surface area (Å²) in [5.41, 5.74) is 2.57. The predicted octanol–water partition coefficient (Wildman–Crippen LogP) is 2.44. The van der Waals surface area contributed by atoms with Crippen molar-refractivity contribution >= 4 is 11.9 Å². The van der Waals surface area contributed by atoms with Gasteiger partial charge in [0.1, 0.15) is 12.4 Å². The second kappa shape index (κ2) is 6.66. The molecule has 3 rings (SSSR count). The molecule has 6 nitrogen and oxygen atoms in total. The molecule has 2 aromatic rings. The molecular weight excluding hydrogens is 325 g/mol. The fourth-order valence-corrected chi connectivity index (χ4v) is 3.20. The zero-order chi connectivity index (χ0) is 18.1. The predicted molar refractivity (Wildman–Crippen MR) is 89.4 cm³/mol. The van der Waals surface area contributed by atoms with Gasteiger partial charge in [0.15, 0.2) is 5.69 Å². The molecule has 132 valence electrons. The number of aliphatic carboxylic acids is 1. The van der Waals surface area contributed by atoms with Gasteiger partial charge in [0.2, 0.25) is 0 Å². The number of carbonyl (C=O) groups is 2. The average Bonchev–Trinajstić information content (AvgIpc) is 3.13. The summed E-state index contributed by atoms with van der Waals surface area (Å²) in [4.78, 5) is 25.3. The molecule has 0 fully saturated rings. The number of nitrogens with zero attached hydrogens (tertiary/aromatic N) is 3. The molecule has 1 aliphatic rings. The van der Waals surface area contributed by atoms with E-state index in [0.717, 1.165) is 24.1 Å². The standard InChI is InChI=1S/C18H20FN3O3/c1-11(2)21(10-16(23)24)18(25)17-14-7-4-8-15(14)22(20-17)13-6-3-5-12(19)9-13/h3,5-6,9,11H,4,7-8,10H2,1-2H3,(H,23,24). The van der Waals surface area contributed by atoms with Gasteiger partial charge in [-0.05, 0) is 51.3 Å². The molecule has 7 heteroatoms. The normalized spacial score (nSPS) is 13.1. The molecule has 0 bridgehead atoms. The second-order valence-corrected chi connectivity index (χ2v) is 6.44. The Bertz CT molecular complexity index is 829. The van der Waals surface area contributed by atoms with Gasteiger partial charge in [-0.1, -0.05) is 6.07 Å². The third-order valence-corrected chi connectivity index (χ3v) is 4.38. The molecule has 1 N–H and O–H groups in total. The first kappa shape index (κ1) is 17.1. The number of benzene rings is 1. The van der Waals surface area contributed by atoms with Gasteiger partial charge in [-0.3, -0.25) is 9.59 Å². The highest BCUT2D eigenvalue weighted by Gasteiger charge is 2.31. The molecule has 1 heterocycles. The highest BCUT2D eigenvalue weighted by atomic mass is 19.1. The van der Waals surface area contributed by atoms with Gasteiger partial charge < -0.3 is 10.0 Å². The Morgan fingerprint density at radius 3 is 2.76 bits per heavy atom. The number of fused-ring (bicyclic) bond motifs is 1. The van der Waals surface area contributed by atoms with E-state index in [4.69, 9.17) is 5.11 Å². The molecule has 1 amide bonds. The lowest BCUT2D eigenvalue weighted by Gasteiger charge is -2.24. The summed E-state index contributed by atoms with van der Waals surface area (Å²) in [5.74, 6) is -1.84. The lowest BCUT2D eigenvalue weighted by atomic mass is 10.1. The van der Waals surface area contributed by atoms with Crippen LogP contribution in [0, 0.1) is 5.82 Å². The van der Waals surface area contributed by atoms with Crippen molar-refractivity contribution in [3.05, 3.63) is 47.0 Å². The van der Waals surface area contributed by atoms with Crippen LogP contribution in [0.25, 0.3) is 5.69 Å². The zero-order valence-electron chi connectivity index (χ0n) is 14.2. The van der Waals surface area contributed by atoms with Crippen molar-refractivity contribution < 1.29 is 19.1 Å². The largest absolute Gasteiger partial charge is 0.480 e. The van der Waals surface area contributed by atoms with Crippen LogP contribution in [0.2, 0.25) is 0 Å². The number of hydrogen-bond acceptors (Lipinski definition) is 3. The fourth-order valence-electron chi connectivity index (χ4n) is 3.20. The number of carboxylic acid groups (broad SMARTS) is 1. The topological polar surface area (TPSA) is 75.4 Å². The smallest absolute Gasteiger partial charge is 0.323 e. The van der Waals surface area contributed by atoms with E-state index in [1.807, 2.05) is 0 Å². The Balaban J connectivity index is 2.04. The number of halogens is 1. The van der Waals surface area contributed by atoms with E-state index < -0.39 is 11.9 Å². The maximum absolute atomic E-state index is 13.6. The van der Waals surface area contributed by atoms with Crippen molar-refractivity contribution in [2.75, 3.05) is 6.54 Å². The molecule has 0 radical (unpaired) electrons. The molecule has 1 aromatic heterocycles. The van der Waals surface area contributed by atoms with Crippen LogP contribution in [0.1, 0.15) is 42.0 Å². The highest BCUT2D eigenvalue weighted by Crippen LogP contribution is 2.29. The number of carbonyl (C=O) groups excluding carboxylic acids is 1. The Hall–Kier alpha value is -2.70. The number of aromatic nitrogens is 2. The number of amides is 1. The van der Waals surface area contributed by atoms with E-state index in [-0.39, 0.29) is 24.1 Å². The quantitative estimate of drug-likeness (QED) is 0.903. The summed E-state index contributed by atoms with van der Waals surface area (Å²) in [6.07, 6.45) is 2.36. The minimum absolute atomic E-state index is 0.264. The van der Waals surface area contributed by atoms with Gasteiger partial charge >= 0.3 is 5.97 Å². The maximum Gasteiger partial charge on any atom is 0.323 e. The molecule has 0 unspecified atom stereocenters. The van der Waals surface area contributed by atoms with Crippen molar-refractivity contribution in [3.8, 4) is 5.69 Å². The lowest BCUT2D eigenvalue weighted by molar-refractivity contribution is -0.138. The highest BCUT2D eigenvalue weighted by molar-refractivity contribution is 5.96. The van der Waals surface area contributed by atoms with Gasteiger partial charge in [-0.2, -0.15) is 5.10 Å². The first-order chi connectivity index (χ1) is 11.9. The summed E-state index contributed by atoms with van der Waals surface area (Å²) in [7, 11) is 0. The van der Waals surface area contributed by atoms with Crippen LogP contribution in [0.3, 0.4) is 0 Å². The van der Waals surface area contributed by atoms with Crippen LogP contribution in [0.4, 0.5) is 4.39 Å². The fraction of sp³-hybridized carbons (Fsp3) is 0.389. The van der Waals surface area contributed by atoms with E-state index in [0.29, 0.717) is 12.1 Å². The van der Waals surface area contributed by atoms with Crippen molar-refractivity contribution in [1.29, 1.82) is 0 Å². The van der Waals surface area contributed by atoms with E-state index in [1.165, 1.54) is 17.0 Å². The summed E-state index contributed by atoms with van der Waals surface area (Å²) in [6.45, 7) is 3.16. The summed E-state index contributed by atoms with van der Waals surface area (Å²) < 4.78 is 15.2. The SMILES string of the molecule is CC(C)N(CC(=O)O)C(=O)c1nn(-c2cccc(F)c2)c2c1CCC2. The van der Waals surface area contributed by atoms with Crippen LogP contribution in [-0.4, -0.2) is 44.3 Å². The van der Waals surface area contributed by atoms with Gasteiger partial charge in [0.05, 0.1) is 5.69 Å². The average molecular weight is 345 g/mol. The molecular formula is C18H20FN3O3. The molecule has 1 aromatic carbocycles. The van der Waals surface area contributed by atoms with Gasteiger partial charge in [-0.15, -0.1) is 0 Å². The van der Waals surface area contributed by atoms with Crippen LogP contribution in [-0.2, 0) is 17.6 Å². The summed E-state index contributed by atoms with van der Waals surface area (Å²) in [5, 5.41) is 13.5. The van der Waals surface area contributed by atoms with E-state index in [2.05, 4.69) is 5.10 Å². The number of carboxylic acids is 1. The second-order valence-electron chi connectivity index (χ2n) is 6.44. The monoisotopic (exact) mass is 345 g/mol. The van der Waals surface area contributed by atoms with Crippen molar-refractivity contribution in [1.82, 2.24) is 14.7 Å². The van der Waals surface area contributed by atoms with Gasteiger partial charge in [0, 0.05) is 17.3 Å². The van der Waals surface area contributed by atoms with E-state index in [9.17, 15) is 14.0 Å². The molecule has 25 heavy (non-hydrogen) atoms. The minimum Gasteiger partial charge on any atom is -0.480 e. The van der Waals surface area contributed by atoms with Crippen LogP contribution in [0.15, 0.2) is 24.3 Å². The Labute approximate surface area is 144 Å². The first-order valence-corrected chi connectivity index (χ1v) is 8.28. The lowest BCUT2D eigenvalue weighted by Crippen LogP contribution is -2.41. The van der Waals surface area contributed by atoms with Gasteiger partial charge in [0.25, 0.3) is 5.91 Å². The van der Waals surface area contributed by atoms with Crippen LogP contribution >= 0.6 is 0 Å². The summed E-state index contributed by atoms with van der Waals surface area (Å²) >= 11 is 0. The minimum atomic E-state index is -1.07. The summed E-state index contributed by atoms with van der Waals surface area (Å²) in [6, 6.07) is 5.80. The Kier molecular flexibility index (Phi) is 4.57. The third-order valence-electron chi connectivity index (χ3n) is 4.38. The molecule has 0 spiro atoms. The molecule has 1 aliphatic carbocycles. The molecule has 0 aliphatic heterocycles. The zero-order valence-corrected chi connectivity index (χ0v) is 14.2. The first-order valence-electron chi connectivity index (χ1n) is 8.28. The van der Waals surface area contributed by atoms with Crippen LogP contribution < -0.4 is 0 Å². The maximum atomic E-state index is 13.6. The van der Waals surface area contributed by atoms with Crippen molar-refractivity contribution in [2.45, 2.75) is 39.2 Å². The molecule has 0 atom stereocenters.